The first-order chi connectivity index (χ1) is 10.4. The van der Waals surface area contributed by atoms with Crippen LogP contribution in [-0.2, 0) is 4.79 Å². The summed E-state index contributed by atoms with van der Waals surface area (Å²) >= 11 is 0. The minimum Gasteiger partial charge on any atom is -0.391 e. The number of carbonyl (C=O) groups is 1. The second-order valence-electron chi connectivity index (χ2n) is 9.27. The van der Waals surface area contributed by atoms with Crippen molar-refractivity contribution in [2.45, 2.75) is 77.4 Å². The number of nitrogens with two attached hydrogens (primary N) is 1. The SMILES string of the molecule is C[C@]12CCC(=O)C[C@@H]1CC[C@@H]1[C@@H]2CC[C@]2(C)[C@H](N)[C@@H](O)C[C@@H]12. The van der Waals surface area contributed by atoms with Crippen molar-refractivity contribution in [3.63, 3.8) is 0 Å². The summed E-state index contributed by atoms with van der Waals surface area (Å²) in [5.74, 6) is 3.15. The summed E-state index contributed by atoms with van der Waals surface area (Å²) in [6.07, 6.45) is 8.16. The van der Waals surface area contributed by atoms with Crippen LogP contribution in [-0.4, -0.2) is 23.0 Å². The first-order valence-corrected chi connectivity index (χ1v) is 9.31. The third-order valence-electron chi connectivity index (χ3n) is 8.59. The largest absolute Gasteiger partial charge is 0.391 e. The summed E-state index contributed by atoms with van der Waals surface area (Å²) in [6.45, 7) is 4.79. The van der Waals surface area contributed by atoms with Crippen molar-refractivity contribution in [1.29, 1.82) is 0 Å². The second-order valence-corrected chi connectivity index (χ2v) is 9.27. The molecule has 22 heavy (non-hydrogen) atoms. The first-order valence-electron chi connectivity index (χ1n) is 9.31. The number of Topliss-reactive ketones (excluding diaryl/α,β-unsaturated/α-hetero) is 1. The number of hydrogen-bond acceptors (Lipinski definition) is 3. The predicted molar refractivity (Wildman–Crippen MR) is 86.1 cm³/mol. The molecule has 0 amide bonds. The highest BCUT2D eigenvalue weighted by molar-refractivity contribution is 5.79. The highest BCUT2D eigenvalue weighted by Crippen LogP contribution is 2.65. The van der Waals surface area contributed by atoms with Gasteiger partial charge in [0.05, 0.1) is 6.10 Å². The molecule has 0 heterocycles. The standard InChI is InChI=1S/C19H31NO2/c1-18-7-5-12(21)9-11(18)3-4-13-14(18)6-8-19(2)15(13)10-16(22)17(19)20/h11,13-17,22H,3-10,20H2,1-2H3/t11-,13+,14-,15-,16-,17+,18-,19-/m0/s1. The van der Waals surface area contributed by atoms with E-state index in [1.807, 2.05) is 0 Å². The summed E-state index contributed by atoms with van der Waals surface area (Å²) < 4.78 is 0. The Balaban J connectivity index is 1.64. The van der Waals surface area contributed by atoms with E-state index in [2.05, 4.69) is 13.8 Å². The van der Waals surface area contributed by atoms with Crippen molar-refractivity contribution in [3.05, 3.63) is 0 Å². The molecule has 0 bridgehead atoms. The quantitative estimate of drug-likeness (QED) is 0.723. The summed E-state index contributed by atoms with van der Waals surface area (Å²) in [5, 5.41) is 10.3. The van der Waals surface area contributed by atoms with Gasteiger partial charge < -0.3 is 10.8 Å². The van der Waals surface area contributed by atoms with Gasteiger partial charge in [-0.25, -0.2) is 0 Å². The summed E-state index contributed by atoms with van der Waals surface area (Å²) in [5.41, 5.74) is 6.87. The van der Waals surface area contributed by atoms with E-state index in [0.717, 1.165) is 43.9 Å². The molecule has 0 aromatic heterocycles. The monoisotopic (exact) mass is 305 g/mol. The lowest BCUT2D eigenvalue weighted by Crippen LogP contribution is -2.55. The maximum absolute atomic E-state index is 11.9. The Bertz CT molecular complexity index is 492. The molecular formula is C19H31NO2. The van der Waals surface area contributed by atoms with Crippen molar-refractivity contribution in [1.82, 2.24) is 0 Å². The highest BCUT2D eigenvalue weighted by Gasteiger charge is 2.61. The van der Waals surface area contributed by atoms with Gasteiger partial charge in [-0.2, -0.15) is 0 Å². The lowest BCUT2D eigenvalue weighted by atomic mass is 9.45. The van der Waals surface area contributed by atoms with Crippen molar-refractivity contribution in [3.8, 4) is 0 Å². The van der Waals surface area contributed by atoms with Crippen LogP contribution in [0.5, 0.6) is 0 Å². The molecule has 4 aliphatic rings. The van der Waals surface area contributed by atoms with Gasteiger partial charge in [0.15, 0.2) is 0 Å². The maximum atomic E-state index is 11.9. The van der Waals surface area contributed by atoms with Crippen molar-refractivity contribution in [2.75, 3.05) is 0 Å². The van der Waals surface area contributed by atoms with E-state index in [0.29, 0.717) is 23.0 Å². The van der Waals surface area contributed by atoms with E-state index in [4.69, 9.17) is 5.73 Å². The summed E-state index contributed by atoms with van der Waals surface area (Å²) in [7, 11) is 0. The summed E-state index contributed by atoms with van der Waals surface area (Å²) in [6, 6.07) is -0.0445. The third kappa shape index (κ3) is 1.84. The number of aliphatic hydroxyl groups excluding tert-OH is 1. The lowest BCUT2D eigenvalue weighted by molar-refractivity contribution is -0.138. The highest BCUT2D eigenvalue weighted by atomic mass is 16.3. The van der Waals surface area contributed by atoms with Crippen molar-refractivity contribution in [2.24, 2.45) is 40.2 Å². The Labute approximate surface area is 134 Å². The molecule has 4 aliphatic carbocycles. The van der Waals surface area contributed by atoms with E-state index in [1.54, 1.807) is 0 Å². The fourth-order valence-electron chi connectivity index (χ4n) is 7.10. The number of ketones is 1. The zero-order chi connectivity index (χ0) is 15.7. The van der Waals surface area contributed by atoms with Gasteiger partial charge in [-0.15, -0.1) is 0 Å². The van der Waals surface area contributed by atoms with Gasteiger partial charge in [0, 0.05) is 18.9 Å². The van der Waals surface area contributed by atoms with Crippen LogP contribution in [0.25, 0.3) is 0 Å². The van der Waals surface area contributed by atoms with E-state index < -0.39 is 0 Å². The van der Waals surface area contributed by atoms with Crippen LogP contribution in [0.2, 0.25) is 0 Å². The topological polar surface area (TPSA) is 63.3 Å². The van der Waals surface area contributed by atoms with Crippen LogP contribution < -0.4 is 5.73 Å². The van der Waals surface area contributed by atoms with Crippen LogP contribution in [0.1, 0.15) is 65.2 Å². The molecule has 0 aromatic rings. The molecule has 3 heteroatoms. The lowest BCUT2D eigenvalue weighted by Gasteiger charge is -2.60. The van der Waals surface area contributed by atoms with Crippen LogP contribution >= 0.6 is 0 Å². The minimum atomic E-state index is -0.313. The normalized spacial score (nSPS) is 57.9. The average Bonchev–Trinajstić information content (AvgIpc) is 2.72. The first kappa shape index (κ1) is 15.1. The Hall–Kier alpha value is -0.410. The molecule has 0 unspecified atom stereocenters. The Morgan fingerprint density at radius 2 is 1.86 bits per heavy atom. The molecule has 3 nitrogen and oxygen atoms in total. The molecular weight excluding hydrogens is 274 g/mol. The number of carbonyl (C=O) groups excluding carboxylic acids is 1. The molecule has 0 aliphatic heterocycles. The second kappa shape index (κ2) is 4.80. The number of rotatable bonds is 0. The van der Waals surface area contributed by atoms with Crippen LogP contribution in [0.3, 0.4) is 0 Å². The zero-order valence-corrected chi connectivity index (χ0v) is 14.1. The molecule has 4 rings (SSSR count). The van der Waals surface area contributed by atoms with Gasteiger partial charge in [0.2, 0.25) is 0 Å². The number of hydrogen-bond donors (Lipinski definition) is 2. The van der Waals surface area contributed by atoms with Crippen molar-refractivity contribution < 1.29 is 9.90 Å². The van der Waals surface area contributed by atoms with Crippen LogP contribution in [0.4, 0.5) is 0 Å². The van der Waals surface area contributed by atoms with Gasteiger partial charge in [-0.1, -0.05) is 13.8 Å². The van der Waals surface area contributed by atoms with Gasteiger partial charge in [0.1, 0.15) is 5.78 Å². The van der Waals surface area contributed by atoms with E-state index in [1.165, 1.54) is 19.3 Å². The summed E-state index contributed by atoms with van der Waals surface area (Å²) in [4.78, 5) is 11.9. The number of fused-ring (bicyclic) bond motifs is 5. The molecule has 0 spiro atoms. The van der Waals surface area contributed by atoms with E-state index in [9.17, 15) is 9.90 Å². The maximum Gasteiger partial charge on any atom is 0.133 e. The van der Waals surface area contributed by atoms with Gasteiger partial charge in [0.25, 0.3) is 0 Å². The Morgan fingerprint density at radius 3 is 2.64 bits per heavy atom. The van der Waals surface area contributed by atoms with Gasteiger partial charge in [-0.05, 0) is 73.0 Å². The molecule has 0 saturated heterocycles. The molecule has 0 aromatic carbocycles. The smallest absolute Gasteiger partial charge is 0.133 e. The molecule has 8 atom stereocenters. The van der Waals surface area contributed by atoms with Gasteiger partial charge >= 0.3 is 0 Å². The molecule has 4 fully saturated rings. The van der Waals surface area contributed by atoms with E-state index >= 15 is 0 Å². The third-order valence-corrected chi connectivity index (χ3v) is 8.59. The number of aliphatic hydroxyl groups is 1. The molecule has 4 saturated carbocycles. The van der Waals surface area contributed by atoms with Crippen molar-refractivity contribution >= 4 is 5.78 Å². The van der Waals surface area contributed by atoms with Crippen LogP contribution in [0, 0.1) is 34.5 Å². The van der Waals surface area contributed by atoms with E-state index in [-0.39, 0.29) is 17.6 Å². The molecule has 3 N–H and O–H groups in total. The minimum absolute atomic E-state index is 0.0445. The fourth-order valence-corrected chi connectivity index (χ4v) is 7.10. The average molecular weight is 305 g/mol. The predicted octanol–water partition coefficient (Wildman–Crippen LogP) is 2.90. The molecule has 0 radical (unpaired) electrons. The Kier molecular flexibility index (Phi) is 3.30. The fraction of sp³-hybridized carbons (Fsp3) is 0.947. The van der Waals surface area contributed by atoms with Gasteiger partial charge in [-0.3, -0.25) is 4.79 Å². The zero-order valence-electron chi connectivity index (χ0n) is 14.1. The molecule has 124 valence electrons. The van der Waals surface area contributed by atoms with Crippen LogP contribution in [0.15, 0.2) is 0 Å². The Morgan fingerprint density at radius 1 is 1.09 bits per heavy atom.